The maximum absolute atomic E-state index is 4.48. The third-order valence-corrected chi connectivity index (χ3v) is 4.61. The molecule has 0 bridgehead atoms. The van der Waals surface area contributed by atoms with Crippen molar-refractivity contribution in [1.82, 2.24) is 10.3 Å². The smallest absolute Gasteiger partial charge is 0.0959 e. The average Bonchev–Trinajstić information content (AvgIpc) is 3.04. The molecule has 16 heavy (non-hydrogen) atoms. The molecule has 0 unspecified atom stereocenters. The Morgan fingerprint density at radius 2 is 2.38 bits per heavy atom. The maximum Gasteiger partial charge on any atom is 0.0959 e. The Morgan fingerprint density at radius 1 is 1.50 bits per heavy atom. The molecule has 0 aliphatic heterocycles. The molecule has 0 spiro atoms. The zero-order chi connectivity index (χ0) is 11.2. The van der Waals surface area contributed by atoms with Crippen LogP contribution in [0.15, 0.2) is 6.20 Å². The molecule has 1 fully saturated rings. The second kappa shape index (κ2) is 6.62. The number of thioether (sulfide) groups is 1. The molecule has 90 valence electrons. The van der Waals surface area contributed by atoms with Gasteiger partial charge < -0.3 is 5.32 Å². The SMILES string of the molecule is CSCCCCNCc1cnc(C2CC2)s1. The lowest BCUT2D eigenvalue weighted by Gasteiger charge is -2.01. The fraction of sp³-hybridized carbons (Fsp3) is 0.750. The number of unbranched alkanes of at least 4 members (excludes halogenated alkanes) is 1. The van der Waals surface area contributed by atoms with Crippen molar-refractivity contribution in [1.29, 1.82) is 0 Å². The van der Waals surface area contributed by atoms with Gasteiger partial charge >= 0.3 is 0 Å². The van der Waals surface area contributed by atoms with Gasteiger partial charge in [-0.1, -0.05) is 0 Å². The number of aromatic nitrogens is 1. The van der Waals surface area contributed by atoms with Gasteiger partial charge in [-0.15, -0.1) is 11.3 Å². The standard InChI is InChI=1S/C12H20N2S2/c1-15-7-3-2-6-13-8-11-9-14-12(16-11)10-4-5-10/h9-10,13H,2-8H2,1H3. The topological polar surface area (TPSA) is 24.9 Å². The predicted molar refractivity (Wildman–Crippen MR) is 73.4 cm³/mol. The normalized spacial score (nSPS) is 15.6. The molecule has 0 radical (unpaired) electrons. The number of hydrogen-bond donors (Lipinski definition) is 1. The second-order valence-electron chi connectivity index (χ2n) is 4.32. The number of rotatable bonds is 8. The summed E-state index contributed by atoms with van der Waals surface area (Å²) in [5.74, 6) is 2.09. The first-order valence-corrected chi connectivity index (χ1v) is 8.25. The third kappa shape index (κ3) is 4.07. The van der Waals surface area contributed by atoms with Crippen LogP contribution in [0.3, 0.4) is 0 Å². The predicted octanol–water partition coefficient (Wildman–Crippen LogP) is 3.25. The van der Waals surface area contributed by atoms with E-state index in [2.05, 4.69) is 16.6 Å². The molecule has 1 aromatic rings. The van der Waals surface area contributed by atoms with E-state index in [1.54, 1.807) is 0 Å². The molecule has 1 heterocycles. The van der Waals surface area contributed by atoms with Gasteiger partial charge in [0.1, 0.15) is 0 Å². The van der Waals surface area contributed by atoms with Crippen LogP contribution < -0.4 is 5.32 Å². The number of thiazole rings is 1. The molecular weight excluding hydrogens is 236 g/mol. The zero-order valence-corrected chi connectivity index (χ0v) is 11.5. The van der Waals surface area contributed by atoms with E-state index >= 15 is 0 Å². The van der Waals surface area contributed by atoms with E-state index in [0.717, 1.165) is 19.0 Å². The molecule has 2 rings (SSSR count). The fourth-order valence-electron chi connectivity index (χ4n) is 1.63. The van der Waals surface area contributed by atoms with Gasteiger partial charge in [0.2, 0.25) is 0 Å². The zero-order valence-electron chi connectivity index (χ0n) is 9.87. The molecule has 2 nitrogen and oxygen atoms in total. The number of hydrogen-bond acceptors (Lipinski definition) is 4. The van der Waals surface area contributed by atoms with Crippen LogP contribution in [0, 0.1) is 0 Å². The van der Waals surface area contributed by atoms with Gasteiger partial charge in [-0.3, -0.25) is 0 Å². The van der Waals surface area contributed by atoms with Crippen LogP contribution in [0.2, 0.25) is 0 Å². The van der Waals surface area contributed by atoms with Crippen molar-refractivity contribution in [2.45, 2.75) is 38.1 Å². The summed E-state index contributed by atoms with van der Waals surface area (Å²) in [4.78, 5) is 5.88. The monoisotopic (exact) mass is 256 g/mol. The van der Waals surface area contributed by atoms with E-state index in [0.29, 0.717) is 0 Å². The summed E-state index contributed by atoms with van der Waals surface area (Å²) >= 11 is 3.83. The lowest BCUT2D eigenvalue weighted by Crippen LogP contribution is -2.13. The lowest BCUT2D eigenvalue weighted by molar-refractivity contribution is 0.648. The van der Waals surface area contributed by atoms with Gasteiger partial charge in [0.15, 0.2) is 0 Å². The minimum Gasteiger partial charge on any atom is -0.312 e. The highest BCUT2D eigenvalue weighted by atomic mass is 32.2. The highest BCUT2D eigenvalue weighted by molar-refractivity contribution is 7.98. The summed E-state index contributed by atoms with van der Waals surface area (Å²) in [6.07, 6.45) is 9.54. The van der Waals surface area contributed by atoms with Crippen LogP contribution in [0.1, 0.15) is 41.5 Å². The Hall–Kier alpha value is -0.0600. The van der Waals surface area contributed by atoms with E-state index in [4.69, 9.17) is 0 Å². The summed E-state index contributed by atoms with van der Waals surface area (Å²) in [5.41, 5.74) is 0. The van der Waals surface area contributed by atoms with Gasteiger partial charge in [0.25, 0.3) is 0 Å². The molecular formula is C12H20N2S2. The van der Waals surface area contributed by atoms with Crippen molar-refractivity contribution in [2.24, 2.45) is 0 Å². The molecule has 0 aromatic carbocycles. The lowest BCUT2D eigenvalue weighted by atomic mass is 10.3. The van der Waals surface area contributed by atoms with Crippen molar-refractivity contribution in [3.8, 4) is 0 Å². The van der Waals surface area contributed by atoms with Crippen LogP contribution in [0.5, 0.6) is 0 Å². The Balaban J connectivity index is 1.57. The van der Waals surface area contributed by atoms with E-state index in [1.165, 1.54) is 41.3 Å². The van der Waals surface area contributed by atoms with Crippen molar-refractivity contribution in [3.63, 3.8) is 0 Å². The summed E-state index contributed by atoms with van der Waals surface area (Å²) in [5, 5.41) is 4.85. The third-order valence-electron chi connectivity index (χ3n) is 2.75. The van der Waals surface area contributed by atoms with E-state index in [1.807, 2.05) is 29.3 Å². The molecule has 0 atom stereocenters. The van der Waals surface area contributed by atoms with E-state index in [9.17, 15) is 0 Å². The van der Waals surface area contributed by atoms with Crippen molar-refractivity contribution < 1.29 is 0 Å². The van der Waals surface area contributed by atoms with Crippen molar-refractivity contribution in [2.75, 3.05) is 18.6 Å². The first kappa shape index (κ1) is 12.4. The summed E-state index contributed by atoms with van der Waals surface area (Å²) in [7, 11) is 0. The van der Waals surface area contributed by atoms with E-state index < -0.39 is 0 Å². The van der Waals surface area contributed by atoms with Gasteiger partial charge in [-0.05, 0) is 44.2 Å². The summed E-state index contributed by atoms with van der Waals surface area (Å²) < 4.78 is 0. The summed E-state index contributed by atoms with van der Waals surface area (Å²) in [6.45, 7) is 2.14. The van der Waals surface area contributed by atoms with Gasteiger partial charge in [0.05, 0.1) is 5.01 Å². The highest BCUT2D eigenvalue weighted by Crippen LogP contribution is 2.41. The first-order valence-electron chi connectivity index (χ1n) is 6.04. The number of nitrogens with zero attached hydrogens (tertiary/aromatic N) is 1. The molecule has 0 saturated heterocycles. The Morgan fingerprint density at radius 3 is 3.12 bits per heavy atom. The van der Waals surface area contributed by atoms with Crippen LogP contribution in [0.25, 0.3) is 0 Å². The Bertz CT molecular complexity index is 308. The Labute approximate surface area is 106 Å². The Kier molecular flexibility index (Phi) is 5.13. The number of nitrogens with one attached hydrogen (secondary N) is 1. The van der Waals surface area contributed by atoms with Crippen LogP contribution in [0.4, 0.5) is 0 Å². The maximum atomic E-state index is 4.48. The van der Waals surface area contributed by atoms with E-state index in [-0.39, 0.29) is 0 Å². The first-order chi connectivity index (χ1) is 7.90. The average molecular weight is 256 g/mol. The van der Waals surface area contributed by atoms with Crippen LogP contribution in [-0.4, -0.2) is 23.5 Å². The molecule has 1 aliphatic rings. The molecule has 1 aliphatic carbocycles. The van der Waals surface area contributed by atoms with Gasteiger partial charge in [-0.2, -0.15) is 11.8 Å². The molecule has 1 saturated carbocycles. The van der Waals surface area contributed by atoms with Crippen molar-refractivity contribution >= 4 is 23.1 Å². The van der Waals surface area contributed by atoms with Crippen LogP contribution in [-0.2, 0) is 6.54 Å². The molecule has 1 aromatic heterocycles. The van der Waals surface area contributed by atoms with Gasteiger partial charge in [0, 0.05) is 23.5 Å². The van der Waals surface area contributed by atoms with Gasteiger partial charge in [-0.25, -0.2) is 4.98 Å². The highest BCUT2D eigenvalue weighted by Gasteiger charge is 2.26. The largest absolute Gasteiger partial charge is 0.312 e. The minimum atomic E-state index is 0.806. The van der Waals surface area contributed by atoms with Crippen LogP contribution >= 0.6 is 23.1 Å². The minimum absolute atomic E-state index is 0.806. The quantitative estimate of drug-likeness (QED) is 0.723. The molecule has 0 amide bonds. The fourth-order valence-corrected chi connectivity index (χ4v) is 3.18. The molecule has 1 N–H and O–H groups in total. The molecule has 4 heteroatoms. The second-order valence-corrected chi connectivity index (χ2v) is 6.45. The summed E-state index contributed by atoms with van der Waals surface area (Å²) in [6, 6.07) is 0. The van der Waals surface area contributed by atoms with Crippen molar-refractivity contribution in [3.05, 3.63) is 16.1 Å².